The molecule has 1 amide bonds. The average molecular weight is 546 g/mol. The smallest absolute Gasteiger partial charge is 0.333 e. The Kier molecular flexibility index (Phi) is 7.26. The summed E-state index contributed by atoms with van der Waals surface area (Å²) in [6.07, 6.45) is 4.37. The molecule has 1 fully saturated rings. The van der Waals surface area contributed by atoms with Crippen LogP contribution in [0.5, 0.6) is 0 Å². The quantitative estimate of drug-likeness (QED) is 0.331. The molecule has 0 unspecified atom stereocenters. The van der Waals surface area contributed by atoms with Crippen molar-refractivity contribution < 1.29 is 13.6 Å². The van der Waals surface area contributed by atoms with Crippen LogP contribution in [0.3, 0.4) is 0 Å². The molecule has 0 saturated heterocycles. The van der Waals surface area contributed by atoms with Crippen LogP contribution >= 0.6 is 23.2 Å². The maximum atomic E-state index is 13.5. The number of nitrogens with zero attached hydrogens (tertiary/aromatic N) is 4. The molecule has 0 spiro atoms. The minimum Gasteiger partial charge on any atom is -0.349 e. The monoisotopic (exact) mass is 545 g/mol. The van der Waals surface area contributed by atoms with Crippen LogP contribution in [0.4, 0.5) is 8.78 Å². The standard InChI is InChI=1S/C26H23Cl2F2N5O2/c27-16-11-18(23(24(29)30)32-12-16)25(36)33-17-7-5-15(6-8-17)14-34-21-9-10-31-13-22(21)35(26(34)37)20-4-2-1-3-19(20)28/h1-4,9-13,15,17,24H,5-8,14H2,(H,33,36)/t15-,17-. The van der Waals surface area contributed by atoms with Crippen LogP contribution < -0.4 is 11.0 Å². The van der Waals surface area contributed by atoms with Crippen molar-refractivity contribution in [1.29, 1.82) is 0 Å². The third kappa shape index (κ3) is 5.10. The summed E-state index contributed by atoms with van der Waals surface area (Å²) in [4.78, 5) is 34.0. The number of carbonyl (C=O) groups is 1. The Morgan fingerprint density at radius 2 is 1.84 bits per heavy atom. The number of rotatable bonds is 6. The van der Waals surface area contributed by atoms with Crippen LogP contribution in [0, 0.1) is 5.92 Å². The summed E-state index contributed by atoms with van der Waals surface area (Å²) in [7, 11) is 0. The summed E-state index contributed by atoms with van der Waals surface area (Å²) in [5.74, 6) is -0.408. The molecule has 7 nitrogen and oxygen atoms in total. The van der Waals surface area contributed by atoms with E-state index in [2.05, 4.69) is 15.3 Å². The van der Waals surface area contributed by atoms with E-state index in [1.807, 2.05) is 18.2 Å². The van der Waals surface area contributed by atoms with E-state index in [1.54, 1.807) is 33.7 Å². The zero-order valence-electron chi connectivity index (χ0n) is 19.6. The van der Waals surface area contributed by atoms with Crippen LogP contribution in [-0.4, -0.2) is 31.1 Å². The molecule has 5 rings (SSSR count). The number of alkyl halides is 2. The SMILES string of the molecule is O=C(N[C@H]1CC[C@H](Cn2c(=O)n(-c3ccccc3Cl)c3cnccc32)CC1)c1cc(Cl)cnc1C(F)F. The van der Waals surface area contributed by atoms with Gasteiger partial charge in [0.2, 0.25) is 0 Å². The number of amides is 1. The highest BCUT2D eigenvalue weighted by Gasteiger charge is 2.27. The third-order valence-corrected chi connectivity index (χ3v) is 7.31. The van der Waals surface area contributed by atoms with Gasteiger partial charge in [0.1, 0.15) is 5.69 Å². The Morgan fingerprint density at radius 1 is 1.08 bits per heavy atom. The lowest BCUT2D eigenvalue weighted by Gasteiger charge is -2.29. The number of para-hydroxylation sites is 1. The van der Waals surface area contributed by atoms with Gasteiger partial charge in [0.15, 0.2) is 0 Å². The Balaban J connectivity index is 1.31. The minimum atomic E-state index is -2.88. The molecule has 1 N–H and O–H groups in total. The molecule has 11 heteroatoms. The van der Waals surface area contributed by atoms with E-state index < -0.39 is 18.0 Å². The molecule has 0 radical (unpaired) electrons. The van der Waals surface area contributed by atoms with Crippen molar-refractivity contribution in [3.8, 4) is 5.69 Å². The first-order valence-corrected chi connectivity index (χ1v) is 12.6. The Hall–Kier alpha value is -3.30. The predicted octanol–water partition coefficient (Wildman–Crippen LogP) is 5.82. The summed E-state index contributed by atoms with van der Waals surface area (Å²) in [6.45, 7) is 0.505. The lowest BCUT2D eigenvalue weighted by Crippen LogP contribution is -2.39. The second kappa shape index (κ2) is 10.6. The fraction of sp³-hybridized carbons (Fsp3) is 0.308. The van der Waals surface area contributed by atoms with Gasteiger partial charge in [-0.2, -0.15) is 0 Å². The molecule has 1 aliphatic carbocycles. The number of halogens is 4. The van der Waals surface area contributed by atoms with Crippen molar-refractivity contribution in [3.63, 3.8) is 0 Å². The minimum absolute atomic E-state index is 0.120. The molecule has 192 valence electrons. The van der Waals surface area contributed by atoms with Crippen molar-refractivity contribution in [2.45, 2.75) is 44.7 Å². The number of carbonyl (C=O) groups excluding carboxylic acids is 1. The molecular weight excluding hydrogens is 523 g/mol. The molecule has 1 aliphatic rings. The summed E-state index contributed by atoms with van der Waals surface area (Å²) < 4.78 is 29.9. The van der Waals surface area contributed by atoms with Gasteiger partial charge in [0.25, 0.3) is 12.3 Å². The molecule has 0 atom stereocenters. The Morgan fingerprint density at radius 3 is 2.57 bits per heavy atom. The second-order valence-corrected chi connectivity index (χ2v) is 9.97. The largest absolute Gasteiger partial charge is 0.349 e. The number of hydrogen-bond donors (Lipinski definition) is 1. The van der Waals surface area contributed by atoms with Crippen LogP contribution in [-0.2, 0) is 6.54 Å². The van der Waals surface area contributed by atoms with Gasteiger partial charge >= 0.3 is 5.69 Å². The maximum absolute atomic E-state index is 13.5. The fourth-order valence-corrected chi connectivity index (χ4v) is 5.34. The number of fused-ring (bicyclic) bond motifs is 1. The number of benzene rings is 1. The first kappa shape index (κ1) is 25.4. The molecule has 0 aliphatic heterocycles. The zero-order valence-corrected chi connectivity index (χ0v) is 21.1. The summed E-state index contributed by atoms with van der Waals surface area (Å²) in [5, 5.41) is 3.44. The van der Waals surface area contributed by atoms with Gasteiger partial charge in [0.05, 0.1) is 38.5 Å². The molecule has 0 bridgehead atoms. The van der Waals surface area contributed by atoms with Gasteiger partial charge < -0.3 is 5.32 Å². The number of imidazole rings is 1. The summed E-state index contributed by atoms with van der Waals surface area (Å²) in [5.41, 5.74) is 1.04. The van der Waals surface area contributed by atoms with Crippen molar-refractivity contribution in [2.24, 2.45) is 5.92 Å². The van der Waals surface area contributed by atoms with E-state index in [0.29, 0.717) is 35.6 Å². The van der Waals surface area contributed by atoms with Crippen molar-refractivity contribution >= 4 is 40.1 Å². The maximum Gasteiger partial charge on any atom is 0.333 e. The topological polar surface area (TPSA) is 81.8 Å². The van der Waals surface area contributed by atoms with Crippen molar-refractivity contribution in [2.75, 3.05) is 0 Å². The van der Waals surface area contributed by atoms with E-state index in [4.69, 9.17) is 23.2 Å². The Labute approximate surface area is 221 Å². The van der Waals surface area contributed by atoms with E-state index >= 15 is 0 Å². The summed E-state index contributed by atoms with van der Waals surface area (Å²) >= 11 is 12.3. The predicted molar refractivity (Wildman–Crippen MR) is 138 cm³/mol. The van der Waals surface area contributed by atoms with Crippen LogP contribution in [0.1, 0.15) is 48.2 Å². The van der Waals surface area contributed by atoms with Gasteiger partial charge in [0, 0.05) is 25.0 Å². The van der Waals surface area contributed by atoms with Crippen LogP contribution in [0.25, 0.3) is 16.7 Å². The highest BCUT2D eigenvalue weighted by molar-refractivity contribution is 6.32. The molecule has 1 aromatic carbocycles. The molecule has 3 heterocycles. The molecule has 3 aromatic heterocycles. The zero-order chi connectivity index (χ0) is 26.1. The normalized spacial score (nSPS) is 17.9. The second-order valence-electron chi connectivity index (χ2n) is 9.12. The molecule has 37 heavy (non-hydrogen) atoms. The number of aromatic nitrogens is 4. The molecular formula is C26H23Cl2F2N5O2. The van der Waals surface area contributed by atoms with Gasteiger partial charge in [-0.05, 0) is 55.9 Å². The van der Waals surface area contributed by atoms with Gasteiger partial charge in [-0.3, -0.25) is 23.9 Å². The highest BCUT2D eigenvalue weighted by atomic mass is 35.5. The lowest BCUT2D eigenvalue weighted by atomic mass is 9.85. The van der Waals surface area contributed by atoms with Gasteiger partial charge in [-0.1, -0.05) is 35.3 Å². The molecule has 4 aromatic rings. The highest BCUT2D eigenvalue weighted by Crippen LogP contribution is 2.29. The van der Waals surface area contributed by atoms with E-state index in [9.17, 15) is 18.4 Å². The van der Waals surface area contributed by atoms with E-state index in [0.717, 1.165) is 24.6 Å². The van der Waals surface area contributed by atoms with E-state index in [1.165, 1.54) is 6.07 Å². The first-order chi connectivity index (χ1) is 17.8. The van der Waals surface area contributed by atoms with Crippen molar-refractivity contribution in [1.82, 2.24) is 24.4 Å². The van der Waals surface area contributed by atoms with Crippen LogP contribution in [0.15, 0.2) is 59.8 Å². The van der Waals surface area contributed by atoms with Gasteiger partial charge in [-0.25, -0.2) is 13.6 Å². The lowest BCUT2D eigenvalue weighted by molar-refractivity contribution is 0.0904. The number of pyridine rings is 2. The summed E-state index contributed by atoms with van der Waals surface area (Å²) in [6, 6.07) is 10.0. The fourth-order valence-electron chi connectivity index (χ4n) is 4.96. The average Bonchev–Trinajstić information content (AvgIpc) is 3.16. The molecule has 1 saturated carbocycles. The van der Waals surface area contributed by atoms with Crippen LogP contribution in [0.2, 0.25) is 10.0 Å². The first-order valence-electron chi connectivity index (χ1n) is 11.9. The van der Waals surface area contributed by atoms with Gasteiger partial charge in [-0.15, -0.1) is 0 Å². The third-order valence-electron chi connectivity index (χ3n) is 6.78. The Bertz CT molecular complexity index is 1510. The number of nitrogens with one attached hydrogen (secondary N) is 1. The number of hydrogen-bond acceptors (Lipinski definition) is 4. The van der Waals surface area contributed by atoms with E-state index in [-0.39, 0.29) is 28.2 Å². The van der Waals surface area contributed by atoms with Crippen molar-refractivity contribution in [3.05, 3.63) is 86.8 Å².